The van der Waals surface area contributed by atoms with Crippen molar-refractivity contribution in [3.8, 4) is 17.5 Å². The normalized spacial score (nSPS) is 11.7. The summed E-state index contributed by atoms with van der Waals surface area (Å²) in [5.74, 6) is 0.311. The van der Waals surface area contributed by atoms with Crippen molar-refractivity contribution in [3.05, 3.63) is 64.0 Å². The molecular formula is C20H16F3N7O. The Kier molecular flexibility index (Phi) is 5.06. The van der Waals surface area contributed by atoms with Gasteiger partial charge < -0.3 is 4.57 Å². The molecule has 0 amide bonds. The standard InChI is InChI=1S/C20H16F3N7O/c1-2-6-30-16-17(26-15(8-24)27-19(16)31)28-18(30)13-9-25-29(11-13)10-12-4-3-5-14(7-12)20(21,22)23/h3-5,7,9,11H,2,6,10H2,1H3,(H,26,27,31). The maximum Gasteiger partial charge on any atom is 0.416 e. The molecule has 0 aliphatic rings. The summed E-state index contributed by atoms with van der Waals surface area (Å²) in [6, 6.07) is 6.85. The summed E-state index contributed by atoms with van der Waals surface area (Å²) in [7, 11) is 0. The Morgan fingerprint density at radius 2 is 2.06 bits per heavy atom. The van der Waals surface area contributed by atoms with E-state index in [0.717, 1.165) is 18.6 Å². The van der Waals surface area contributed by atoms with E-state index in [1.807, 2.05) is 6.92 Å². The van der Waals surface area contributed by atoms with E-state index in [9.17, 15) is 18.0 Å². The molecule has 31 heavy (non-hydrogen) atoms. The average molecular weight is 427 g/mol. The van der Waals surface area contributed by atoms with Crippen LogP contribution in [0, 0.1) is 11.3 Å². The van der Waals surface area contributed by atoms with Crippen molar-refractivity contribution < 1.29 is 13.2 Å². The summed E-state index contributed by atoms with van der Waals surface area (Å²) in [5.41, 5.74) is 0.237. The van der Waals surface area contributed by atoms with Crippen LogP contribution in [-0.4, -0.2) is 29.3 Å². The van der Waals surface area contributed by atoms with Crippen molar-refractivity contribution in [3.63, 3.8) is 0 Å². The number of fused-ring (bicyclic) bond motifs is 1. The van der Waals surface area contributed by atoms with Gasteiger partial charge in [0.1, 0.15) is 11.9 Å². The van der Waals surface area contributed by atoms with Gasteiger partial charge in [-0.25, -0.2) is 4.98 Å². The molecule has 8 nitrogen and oxygen atoms in total. The number of hydrogen-bond donors (Lipinski definition) is 1. The summed E-state index contributed by atoms with van der Waals surface area (Å²) in [6.07, 6.45) is -0.525. The van der Waals surface area contributed by atoms with Crippen molar-refractivity contribution in [2.24, 2.45) is 0 Å². The first kappa shape index (κ1) is 20.3. The maximum absolute atomic E-state index is 12.9. The number of halogens is 3. The molecule has 0 atom stereocenters. The fourth-order valence-corrected chi connectivity index (χ4v) is 3.36. The number of aromatic amines is 1. The Morgan fingerprint density at radius 1 is 1.26 bits per heavy atom. The molecule has 0 fully saturated rings. The van der Waals surface area contributed by atoms with Gasteiger partial charge in [0.15, 0.2) is 11.2 Å². The van der Waals surface area contributed by atoms with E-state index in [1.165, 1.54) is 16.9 Å². The average Bonchev–Trinajstić information content (AvgIpc) is 3.32. The molecule has 158 valence electrons. The lowest BCUT2D eigenvalue weighted by atomic mass is 10.1. The highest BCUT2D eigenvalue weighted by molar-refractivity contribution is 5.76. The van der Waals surface area contributed by atoms with Crippen molar-refractivity contribution in [2.45, 2.75) is 32.6 Å². The summed E-state index contributed by atoms with van der Waals surface area (Å²) in [6.45, 7) is 2.56. The van der Waals surface area contributed by atoms with Crippen LogP contribution >= 0.6 is 0 Å². The van der Waals surface area contributed by atoms with Gasteiger partial charge in [-0.05, 0) is 24.1 Å². The highest BCUT2D eigenvalue weighted by atomic mass is 19.4. The first-order chi connectivity index (χ1) is 14.8. The third kappa shape index (κ3) is 3.92. The SMILES string of the molecule is CCCn1c(-c2cnn(Cc3cccc(C(F)(F)F)c3)c2)nc2nc(C#N)[nH]c(=O)c21. The van der Waals surface area contributed by atoms with Crippen LogP contribution in [0.25, 0.3) is 22.6 Å². The topological polar surface area (TPSA) is 105 Å². The van der Waals surface area contributed by atoms with Crippen LogP contribution in [0.3, 0.4) is 0 Å². The van der Waals surface area contributed by atoms with Crippen LogP contribution in [0.2, 0.25) is 0 Å². The second kappa shape index (κ2) is 7.71. The molecule has 4 rings (SSSR count). The number of H-pyrrole nitrogens is 1. The number of imidazole rings is 1. The number of aromatic nitrogens is 6. The molecule has 1 N–H and O–H groups in total. The molecule has 0 unspecified atom stereocenters. The van der Waals surface area contributed by atoms with Crippen LogP contribution in [-0.2, 0) is 19.3 Å². The van der Waals surface area contributed by atoms with Crippen molar-refractivity contribution in [1.29, 1.82) is 5.26 Å². The minimum atomic E-state index is -4.42. The first-order valence-electron chi connectivity index (χ1n) is 9.39. The van der Waals surface area contributed by atoms with Gasteiger partial charge in [0.25, 0.3) is 5.56 Å². The zero-order valence-electron chi connectivity index (χ0n) is 16.3. The van der Waals surface area contributed by atoms with E-state index in [2.05, 4.69) is 20.1 Å². The van der Waals surface area contributed by atoms with Crippen LogP contribution < -0.4 is 5.56 Å². The lowest BCUT2D eigenvalue weighted by Gasteiger charge is -2.08. The summed E-state index contributed by atoms with van der Waals surface area (Å²) < 4.78 is 42.0. The predicted molar refractivity (Wildman–Crippen MR) is 105 cm³/mol. The largest absolute Gasteiger partial charge is 0.416 e. The van der Waals surface area contributed by atoms with Gasteiger partial charge in [-0.2, -0.15) is 28.5 Å². The molecule has 3 aromatic heterocycles. The number of nitrogens with zero attached hydrogens (tertiary/aromatic N) is 6. The van der Waals surface area contributed by atoms with Crippen LogP contribution in [0.15, 0.2) is 41.5 Å². The molecule has 0 aliphatic heterocycles. The zero-order valence-corrected chi connectivity index (χ0v) is 16.3. The second-order valence-corrected chi connectivity index (χ2v) is 6.91. The van der Waals surface area contributed by atoms with E-state index in [0.29, 0.717) is 23.5 Å². The molecule has 4 aromatic rings. The van der Waals surface area contributed by atoms with Crippen molar-refractivity contribution in [1.82, 2.24) is 29.3 Å². The Bertz CT molecular complexity index is 1360. The monoisotopic (exact) mass is 427 g/mol. The van der Waals surface area contributed by atoms with Gasteiger partial charge in [0.2, 0.25) is 5.82 Å². The zero-order chi connectivity index (χ0) is 22.2. The van der Waals surface area contributed by atoms with Gasteiger partial charge in [-0.1, -0.05) is 19.1 Å². The number of hydrogen-bond acceptors (Lipinski definition) is 5. The van der Waals surface area contributed by atoms with E-state index in [1.54, 1.807) is 22.9 Å². The van der Waals surface area contributed by atoms with Gasteiger partial charge in [-0.15, -0.1) is 0 Å². The van der Waals surface area contributed by atoms with Gasteiger partial charge in [-0.3, -0.25) is 14.5 Å². The van der Waals surface area contributed by atoms with E-state index >= 15 is 0 Å². The summed E-state index contributed by atoms with van der Waals surface area (Å²) >= 11 is 0. The Morgan fingerprint density at radius 3 is 2.77 bits per heavy atom. The quantitative estimate of drug-likeness (QED) is 0.526. The number of nitrogens with one attached hydrogen (secondary N) is 1. The first-order valence-corrected chi connectivity index (χ1v) is 9.39. The van der Waals surface area contributed by atoms with Crippen molar-refractivity contribution >= 4 is 11.2 Å². The van der Waals surface area contributed by atoms with Crippen LogP contribution in [0.4, 0.5) is 13.2 Å². The molecule has 0 saturated carbocycles. The minimum Gasteiger partial charge on any atom is -0.318 e. The highest BCUT2D eigenvalue weighted by Crippen LogP contribution is 2.30. The molecule has 11 heteroatoms. The van der Waals surface area contributed by atoms with Gasteiger partial charge in [0, 0.05) is 12.7 Å². The number of benzene rings is 1. The molecule has 0 spiro atoms. The third-order valence-corrected chi connectivity index (χ3v) is 4.66. The summed E-state index contributed by atoms with van der Waals surface area (Å²) in [4.78, 5) is 23.3. The van der Waals surface area contributed by atoms with Gasteiger partial charge >= 0.3 is 6.18 Å². The van der Waals surface area contributed by atoms with Crippen LogP contribution in [0.1, 0.15) is 30.3 Å². The second-order valence-electron chi connectivity index (χ2n) is 6.91. The predicted octanol–water partition coefficient (Wildman–Crippen LogP) is 3.33. The lowest BCUT2D eigenvalue weighted by Crippen LogP contribution is -2.14. The van der Waals surface area contributed by atoms with Crippen molar-refractivity contribution in [2.75, 3.05) is 0 Å². The third-order valence-electron chi connectivity index (χ3n) is 4.66. The van der Waals surface area contributed by atoms with Gasteiger partial charge in [0.05, 0.1) is 23.9 Å². The smallest absolute Gasteiger partial charge is 0.318 e. The number of alkyl halides is 3. The Balaban J connectivity index is 1.72. The maximum atomic E-state index is 12.9. The molecule has 0 bridgehead atoms. The lowest BCUT2D eigenvalue weighted by molar-refractivity contribution is -0.137. The number of rotatable bonds is 5. The van der Waals surface area contributed by atoms with Crippen LogP contribution in [0.5, 0.6) is 0 Å². The molecule has 3 heterocycles. The fraction of sp³-hybridized carbons (Fsp3) is 0.250. The number of nitriles is 1. The molecule has 0 radical (unpaired) electrons. The summed E-state index contributed by atoms with van der Waals surface area (Å²) in [5, 5.41) is 13.3. The Labute approximate surface area is 173 Å². The minimum absolute atomic E-state index is 0.134. The molecule has 0 saturated heterocycles. The van der Waals surface area contributed by atoms with E-state index < -0.39 is 17.3 Å². The highest BCUT2D eigenvalue weighted by Gasteiger charge is 2.30. The van der Waals surface area contributed by atoms with E-state index in [4.69, 9.17) is 5.26 Å². The molecule has 0 aliphatic carbocycles. The number of aryl methyl sites for hydroxylation is 1. The molecule has 1 aromatic carbocycles. The fourth-order valence-electron chi connectivity index (χ4n) is 3.36. The molecular weight excluding hydrogens is 411 g/mol. The Hall–Kier alpha value is -3.94. The van der Waals surface area contributed by atoms with E-state index in [-0.39, 0.29) is 23.5 Å².